The van der Waals surface area contributed by atoms with E-state index in [1.54, 1.807) is 0 Å². The number of anilines is 4. The molecule has 8 rings (SSSR count). The summed E-state index contributed by atoms with van der Waals surface area (Å²) >= 11 is 0. The number of carbonyl (C=O) groups is 3. The average Bonchev–Trinajstić information content (AvgIpc) is 3.05. The third-order valence-electron chi connectivity index (χ3n) is 11.6. The molecule has 11 heteroatoms. The largest absolute Gasteiger partial charge is 0.465 e. The number of nitrogens with two attached hydrogens (primary N) is 1. The van der Waals surface area contributed by atoms with Gasteiger partial charge in [-0.25, -0.2) is 9.78 Å². The number of hydrogen-bond donors (Lipinski definition) is 2. The van der Waals surface area contributed by atoms with Gasteiger partial charge in [-0.2, -0.15) is 0 Å². The number of aromatic nitrogens is 1. The Morgan fingerprint density at radius 2 is 1.65 bits per heavy atom. The maximum Gasteiger partial charge on any atom is 0.325 e. The summed E-state index contributed by atoms with van der Waals surface area (Å²) in [4.78, 5) is 52.1. The summed E-state index contributed by atoms with van der Waals surface area (Å²) in [5.74, 6) is 1.69. The summed E-state index contributed by atoms with van der Waals surface area (Å²) < 4.78 is 5.30. The van der Waals surface area contributed by atoms with Crippen molar-refractivity contribution < 1.29 is 19.1 Å². The van der Waals surface area contributed by atoms with Crippen LogP contribution in [0.15, 0.2) is 42.6 Å². The van der Waals surface area contributed by atoms with Gasteiger partial charge in [-0.1, -0.05) is 12.1 Å². The van der Waals surface area contributed by atoms with Crippen LogP contribution >= 0.6 is 0 Å². The molecule has 2 atom stereocenters. The number of urea groups is 1. The summed E-state index contributed by atoms with van der Waals surface area (Å²) in [7, 11) is 0. The summed E-state index contributed by atoms with van der Waals surface area (Å²) in [6, 6.07) is 12.2. The number of carbonyl (C=O) groups excluding carboxylic acids is 3. The minimum absolute atomic E-state index is 0.0636. The van der Waals surface area contributed by atoms with Gasteiger partial charge in [-0.3, -0.25) is 19.4 Å². The number of para-hydroxylation sites is 2. The highest BCUT2D eigenvalue weighted by Gasteiger charge is 2.58. The zero-order valence-corrected chi connectivity index (χ0v) is 27.3. The standard InChI is InChI=1S/C35H47N7O4/c1-4-46-32(44)34(2,3)40-13-11-39(12-14-40)26-9-10-29(37-22-26)41-15-16-42(28-8-6-5-7-27(28)41)33(45)38-30-24-17-23-18-25(30)21-35(19-23,20-24)31(36)43/h5-10,22-25,30H,4,11-21H2,1-3H3,(H2,36,43)(H,38,45). The molecule has 4 bridgehead atoms. The highest BCUT2D eigenvalue weighted by atomic mass is 16.5. The first-order valence-corrected chi connectivity index (χ1v) is 17.0. The molecule has 5 fully saturated rings. The predicted octanol–water partition coefficient (Wildman–Crippen LogP) is 3.89. The Morgan fingerprint density at radius 1 is 0.957 bits per heavy atom. The lowest BCUT2D eigenvalue weighted by Crippen LogP contribution is -2.63. The van der Waals surface area contributed by atoms with E-state index in [4.69, 9.17) is 15.5 Å². The molecule has 0 spiro atoms. The van der Waals surface area contributed by atoms with Gasteiger partial charge < -0.3 is 25.6 Å². The second-order valence-corrected chi connectivity index (χ2v) is 14.5. The van der Waals surface area contributed by atoms with E-state index in [9.17, 15) is 14.4 Å². The van der Waals surface area contributed by atoms with E-state index in [1.807, 2.05) is 56.1 Å². The molecule has 0 radical (unpaired) electrons. The smallest absolute Gasteiger partial charge is 0.325 e. The van der Waals surface area contributed by atoms with E-state index in [1.165, 1.54) is 0 Å². The fourth-order valence-corrected chi connectivity index (χ4v) is 9.28. The minimum Gasteiger partial charge on any atom is -0.465 e. The topological polar surface area (TPSA) is 124 Å². The van der Waals surface area contributed by atoms with Crippen molar-refractivity contribution in [3.05, 3.63) is 42.6 Å². The first-order valence-electron chi connectivity index (χ1n) is 17.0. The normalized spacial score (nSPS) is 29.0. The van der Waals surface area contributed by atoms with Gasteiger partial charge in [0.25, 0.3) is 0 Å². The highest BCUT2D eigenvalue weighted by molar-refractivity contribution is 5.98. The Kier molecular flexibility index (Phi) is 7.85. The monoisotopic (exact) mass is 629 g/mol. The SMILES string of the molecule is CCOC(=O)C(C)(C)N1CCN(c2ccc(N3CCN(C(=O)NC4C5CC6CC4CC(C(N)=O)(C6)C5)c4ccccc43)nc2)CC1. The number of fused-ring (bicyclic) bond motifs is 1. The van der Waals surface area contributed by atoms with E-state index < -0.39 is 5.54 Å². The number of hydrogen-bond acceptors (Lipinski definition) is 8. The van der Waals surface area contributed by atoms with Crippen molar-refractivity contribution in [3.8, 4) is 0 Å². The molecule has 3 amide bonds. The molecule has 1 aromatic heterocycles. The molecule has 1 saturated heterocycles. The molecule has 2 aromatic rings. The zero-order chi connectivity index (χ0) is 32.2. The fourth-order valence-electron chi connectivity index (χ4n) is 9.28. The second-order valence-electron chi connectivity index (χ2n) is 14.5. The summed E-state index contributed by atoms with van der Waals surface area (Å²) in [5, 5.41) is 3.42. The van der Waals surface area contributed by atoms with Crippen molar-refractivity contribution >= 4 is 40.8 Å². The maximum atomic E-state index is 13.8. The van der Waals surface area contributed by atoms with Crippen LogP contribution in [-0.2, 0) is 14.3 Å². The van der Waals surface area contributed by atoms with Gasteiger partial charge >= 0.3 is 12.0 Å². The van der Waals surface area contributed by atoms with E-state index in [-0.39, 0.29) is 29.4 Å². The number of esters is 1. The molecule has 2 unspecified atom stereocenters. The molecule has 1 aromatic carbocycles. The lowest BCUT2D eigenvalue weighted by Gasteiger charge is -2.59. The lowest BCUT2D eigenvalue weighted by atomic mass is 9.47. The van der Waals surface area contributed by atoms with Crippen LogP contribution in [-0.4, -0.2) is 85.2 Å². The molecular weight excluding hydrogens is 582 g/mol. The number of benzene rings is 1. The van der Waals surface area contributed by atoms with Gasteiger partial charge in [-0.05, 0) is 94.9 Å². The van der Waals surface area contributed by atoms with Gasteiger partial charge in [0.15, 0.2) is 0 Å². The molecule has 46 heavy (non-hydrogen) atoms. The lowest BCUT2D eigenvalue weighted by molar-refractivity contribution is -0.156. The molecule has 6 aliphatic rings. The molecule has 246 valence electrons. The summed E-state index contributed by atoms with van der Waals surface area (Å²) in [6.45, 7) is 10.4. The average molecular weight is 630 g/mol. The zero-order valence-electron chi connectivity index (χ0n) is 27.3. The van der Waals surface area contributed by atoms with Gasteiger partial charge in [0.05, 0.1) is 29.9 Å². The number of ether oxygens (including phenoxy) is 1. The number of primary amides is 1. The highest BCUT2D eigenvalue weighted by Crippen LogP contribution is 2.60. The van der Waals surface area contributed by atoms with E-state index in [2.05, 4.69) is 32.1 Å². The third-order valence-corrected chi connectivity index (χ3v) is 11.6. The predicted molar refractivity (Wildman–Crippen MR) is 177 cm³/mol. The molecule has 3 heterocycles. The fraction of sp³-hybridized carbons (Fsp3) is 0.600. The molecule has 11 nitrogen and oxygen atoms in total. The van der Waals surface area contributed by atoms with Crippen LogP contribution in [0, 0.1) is 23.2 Å². The Labute approximate surface area is 271 Å². The van der Waals surface area contributed by atoms with Gasteiger partial charge in [0.1, 0.15) is 11.4 Å². The maximum absolute atomic E-state index is 13.8. The Hall–Kier alpha value is -3.86. The molecular formula is C35H47N7O4. The van der Waals surface area contributed by atoms with Crippen molar-refractivity contribution in [1.29, 1.82) is 0 Å². The summed E-state index contributed by atoms with van der Waals surface area (Å²) in [6.07, 6.45) is 6.59. The Morgan fingerprint density at radius 3 is 2.28 bits per heavy atom. The van der Waals surface area contributed by atoms with Crippen molar-refractivity contribution in [2.24, 2.45) is 28.9 Å². The van der Waals surface area contributed by atoms with E-state index >= 15 is 0 Å². The number of amides is 3. The van der Waals surface area contributed by atoms with Crippen LogP contribution in [0.1, 0.15) is 52.9 Å². The number of rotatable bonds is 7. The quantitative estimate of drug-likeness (QED) is 0.442. The third kappa shape index (κ3) is 5.26. The van der Waals surface area contributed by atoms with E-state index in [0.717, 1.165) is 81.2 Å². The first kappa shape index (κ1) is 30.8. The van der Waals surface area contributed by atoms with Crippen molar-refractivity contribution in [3.63, 3.8) is 0 Å². The number of pyridine rings is 1. The van der Waals surface area contributed by atoms with Crippen molar-refractivity contribution in [1.82, 2.24) is 15.2 Å². The molecule has 3 N–H and O–H groups in total. The molecule has 4 aliphatic carbocycles. The van der Waals surface area contributed by atoms with Crippen LogP contribution in [0.25, 0.3) is 0 Å². The van der Waals surface area contributed by atoms with Gasteiger partial charge in [0.2, 0.25) is 5.91 Å². The first-order chi connectivity index (χ1) is 22.1. The minimum atomic E-state index is -0.653. The van der Waals surface area contributed by atoms with Crippen LogP contribution in [0.2, 0.25) is 0 Å². The summed E-state index contributed by atoms with van der Waals surface area (Å²) in [5.41, 5.74) is 7.75. The van der Waals surface area contributed by atoms with Crippen LogP contribution < -0.4 is 25.8 Å². The number of nitrogens with one attached hydrogen (secondary N) is 1. The van der Waals surface area contributed by atoms with Crippen molar-refractivity contribution in [2.75, 3.05) is 60.6 Å². The van der Waals surface area contributed by atoms with Gasteiger partial charge in [0, 0.05) is 50.7 Å². The Bertz CT molecular complexity index is 1470. The van der Waals surface area contributed by atoms with Crippen LogP contribution in [0.4, 0.5) is 27.7 Å². The van der Waals surface area contributed by atoms with E-state index in [0.29, 0.717) is 37.5 Å². The van der Waals surface area contributed by atoms with Crippen LogP contribution in [0.3, 0.4) is 0 Å². The number of nitrogens with zero attached hydrogens (tertiary/aromatic N) is 5. The Balaban J connectivity index is 1.01. The second kappa shape index (κ2) is 11.7. The molecule has 2 aliphatic heterocycles. The van der Waals surface area contributed by atoms with Crippen molar-refractivity contribution in [2.45, 2.75) is 64.5 Å². The van der Waals surface area contributed by atoms with Gasteiger partial charge in [-0.15, -0.1) is 0 Å². The number of piperazine rings is 1. The van der Waals surface area contributed by atoms with Crippen LogP contribution in [0.5, 0.6) is 0 Å². The molecule has 4 saturated carbocycles.